The molecule has 1 aliphatic carbocycles. The highest BCUT2D eigenvalue weighted by Crippen LogP contribution is 2.21. The Balaban J connectivity index is 1.61. The Kier molecular flexibility index (Phi) is 4.85. The highest BCUT2D eigenvalue weighted by atomic mass is 32.2. The molecule has 128 valence electrons. The second kappa shape index (κ2) is 6.89. The monoisotopic (exact) mass is 348 g/mol. The molecule has 0 unspecified atom stereocenters. The van der Waals surface area contributed by atoms with Gasteiger partial charge in [-0.15, -0.1) is 0 Å². The molecule has 0 bridgehead atoms. The third kappa shape index (κ3) is 3.75. The van der Waals surface area contributed by atoms with Gasteiger partial charge in [-0.1, -0.05) is 12.1 Å². The number of hydrogen-bond acceptors (Lipinski definition) is 5. The maximum atomic E-state index is 12.7. The molecule has 0 atom stereocenters. The molecule has 1 saturated carbocycles. The molecule has 7 nitrogen and oxygen atoms in total. The Morgan fingerprint density at radius 2 is 1.88 bits per heavy atom. The standard InChI is InChI=1S/C16H20N4O3S/c17-11-13-3-1-2-4-15(13)24(22,23)20-9-7-19(8-10-20)12-16(21)18-14-5-6-14/h1-4,14H,5-10,12H2,(H,18,21). The summed E-state index contributed by atoms with van der Waals surface area (Å²) in [5, 5.41) is 12.0. The molecule has 0 aromatic heterocycles. The first-order valence-corrected chi connectivity index (χ1v) is 9.46. The van der Waals surface area contributed by atoms with E-state index in [1.807, 2.05) is 11.0 Å². The third-order valence-electron chi connectivity index (χ3n) is 4.27. The van der Waals surface area contributed by atoms with E-state index in [2.05, 4.69) is 5.32 Å². The summed E-state index contributed by atoms with van der Waals surface area (Å²) in [5.41, 5.74) is 0.156. The van der Waals surface area contributed by atoms with Gasteiger partial charge in [0.25, 0.3) is 0 Å². The molecule has 8 heteroatoms. The van der Waals surface area contributed by atoms with E-state index < -0.39 is 10.0 Å². The van der Waals surface area contributed by atoms with Crippen molar-refractivity contribution in [3.8, 4) is 6.07 Å². The van der Waals surface area contributed by atoms with E-state index in [1.54, 1.807) is 12.1 Å². The summed E-state index contributed by atoms with van der Waals surface area (Å²) < 4.78 is 26.8. The van der Waals surface area contributed by atoms with E-state index in [9.17, 15) is 13.2 Å². The number of rotatable bonds is 5. The molecule has 24 heavy (non-hydrogen) atoms. The van der Waals surface area contributed by atoms with Gasteiger partial charge in [0.15, 0.2) is 0 Å². The molecular weight excluding hydrogens is 328 g/mol. The number of carbonyl (C=O) groups excluding carboxylic acids is 1. The highest BCUT2D eigenvalue weighted by molar-refractivity contribution is 7.89. The summed E-state index contributed by atoms with van der Waals surface area (Å²) in [6.07, 6.45) is 2.10. The Hall–Kier alpha value is -1.95. The van der Waals surface area contributed by atoms with Gasteiger partial charge in [0.1, 0.15) is 6.07 Å². The number of nitriles is 1. The first-order chi connectivity index (χ1) is 11.5. The van der Waals surface area contributed by atoms with Gasteiger partial charge in [0, 0.05) is 32.2 Å². The highest BCUT2D eigenvalue weighted by Gasteiger charge is 2.31. The van der Waals surface area contributed by atoms with Gasteiger partial charge in [-0.25, -0.2) is 8.42 Å². The summed E-state index contributed by atoms with van der Waals surface area (Å²) in [6.45, 7) is 1.95. The number of nitrogens with zero attached hydrogens (tertiary/aromatic N) is 3. The molecule has 0 spiro atoms. The second-order valence-electron chi connectivity index (χ2n) is 6.13. The van der Waals surface area contributed by atoms with Crippen molar-refractivity contribution in [2.24, 2.45) is 0 Å². The minimum atomic E-state index is -3.68. The van der Waals surface area contributed by atoms with Crippen LogP contribution in [0.1, 0.15) is 18.4 Å². The van der Waals surface area contributed by atoms with Gasteiger partial charge >= 0.3 is 0 Å². The Morgan fingerprint density at radius 3 is 2.50 bits per heavy atom. The van der Waals surface area contributed by atoms with Crippen LogP contribution < -0.4 is 5.32 Å². The summed E-state index contributed by atoms with van der Waals surface area (Å²) in [7, 11) is -3.68. The number of benzene rings is 1. The van der Waals surface area contributed by atoms with Gasteiger partial charge in [0.05, 0.1) is 17.0 Å². The van der Waals surface area contributed by atoms with Crippen molar-refractivity contribution >= 4 is 15.9 Å². The van der Waals surface area contributed by atoms with Crippen molar-refractivity contribution in [2.75, 3.05) is 32.7 Å². The van der Waals surface area contributed by atoms with Crippen LogP contribution in [0.15, 0.2) is 29.2 Å². The Bertz CT molecular complexity index is 760. The average molecular weight is 348 g/mol. The van der Waals surface area contributed by atoms with Crippen LogP contribution in [0.5, 0.6) is 0 Å². The molecule has 0 radical (unpaired) electrons. The number of sulfonamides is 1. The number of nitrogens with one attached hydrogen (secondary N) is 1. The van der Waals surface area contributed by atoms with Gasteiger partial charge < -0.3 is 5.32 Å². The maximum Gasteiger partial charge on any atom is 0.244 e. The molecule has 1 N–H and O–H groups in total. The number of amides is 1. The minimum absolute atomic E-state index is 0.00336. The maximum absolute atomic E-state index is 12.7. The van der Waals surface area contributed by atoms with Crippen LogP contribution in [0.4, 0.5) is 0 Å². The molecule has 1 aromatic rings. The molecule has 1 saturated heterocycles. The lowest BCUT2D eigenvalue weighted by Crippen LogP contribution is -2.51. The number of hydrogen-bond donors (Lipinski definition) is 1. The zero-order chi connectivity index (χ0) is 17.2. The summed E-state index contributed by atoms with van der Waals surface area (Å²) in [6, 6.07) is 8.50. The zero-order valence-electron chi connectivity index (χ0n) is 13.3. The normalized spacial score (nSPS) is 19.6. The molecule has 3 rings (SSSR count). The van der Waals surface area contributed by atoms with E-state index in [1.165, 1.54) is 16.4 Å². The van der Waals surface area contributed by atoms with Gasteiger partial charge in [0.2, 0.25) is 15.9 Å². The van der Waals surface area contributed by atoms with Crippen molar-refractivity contribution in [3.05, 3.63) is 29.8 Å². The van der Waals surface area contributed by atoms with Gasteiger partial charge in [-0.3, -0.25) is 9.69 Å². The summed E-state index contributed by atoms with van der Waals surface area (Å²) in [4.78, 5) is 13.8. The lowest BCUT2D eigenvalue weighted by molar-refractivity contribution is -0.122. The van der Waals surface area contributed by atoms with Crippen LogP contribution in [0, 0.1) is 11.3 Å². The zero-order valence-corrected chi connectivity index (χ0v) is 14.1. The molecule has 2 fully saturated rings. The molecule has 2 aliphatic rings. The first kappa shape index (κ1) is 16.9. The molecule has 1 heterocycles. The van der Waals surface area contributed by atoms with E-state index in [0.29, 0.717) is 38.8 Å². The molecule has 1 amide bonds. The van der Waals surface area contributed by atoms with E-state index in [0.717, 1.165) is 12.8 Å². The lowest BCUT2D eigenvalue weighted by Gasteiger charge is -2.33. The van der Waals surface area contributed by atoms with Crippen molar-refractivity contribution in [3.63, 3.8) is 0 Å². The van der Waals surface area contributed by atoms with Crippen LogP contribution in [0.2, 0.25) is 0 Å². The topological polar surface area (TPSA) is 93.5 Å². The van der Waals surface area contributed by atoms with E-state index in [4.69, 9.17) is 5.26 Å². The van der Waals surface area contributed by atoms with Crippen molar-refractivity contribution in [1.29, 1.82) is 5.26 Å². The fourth-order valence-corrected chi connectivity index (χ4v) is 4.32. The predicted octanol–water partition coefficient (Wildman–Crippen LogP) is 0.143. The predicted molar refractivity (Wildman–Crippen MR) is 87.5 cm³/mol. The number of carbonyl (C=O) groups is 1. The molecular formula is C16H20N4O3S. The van der Waals surface area contributed by atoms with Crippen molar-refractivity contribution in [1.82, 2.24) is 14.5 Å². The van der Waals surface area contributed by atoms with Crippen LogP contribution >= 0.6 is 0 Å². The fraction of sp³-hybridized carbons (Fsp3) is 0.500. The van der Waals surface area contributed by atoms with Crippen LogP contribution in [-0.4, -0.2) is 62.3 Å². The average Bonchev–Trinajstić information content (AvgIpc) is 3.39. The second-order valence-corrected chi connectivity index (χ2v) is 8.04. The molecule has 1 aliphatic heterocycles. The van der Waals surface area contributed by atoms with E-state index in [-0.39, 0.29) is 16.4 Å². The van der Waals surface area contributed by atoms with E-state index >= 15 is 0 Å². The fourth-order valence-electron chi connectivity index (χ4n) is 2.76. The minimum Gasteiger partial charge on any atom is -0.352 e. The first-order valence-electron chi connectivity index (χ1n) is 8.01. The van der Waals surface area contributed by atoms with Crippen molar-refractivity contribution in [2.45, 2.75) is 23.8 Å². The van der Waals surface area contributed by atoms with Crippen LogP contribution in [-0.2, 0) is 14.8 Å². The van der Waals surface area contributed by atoms with Gasteiger partial charge in [-0.2, -0.15) is 9.57 Å². The Morgan fingerprint density at radius 1 is 1.21 bits per heavy atom. The summed E-state index contributed by atoms with van der Waals surface area (Å²) in [5.74, 6) is 0.00336. The largest absolute Gasteiger partial charge is 0.352 e. The number of piperazine rings is 1. The lowest BCUT2D eigenvalue weighted by atomic mass is 10.2. The quantitative estimate of drug-likeness (QED) is 0.817. The van der Waals surface area contributed by atoms with Gasteiger partial charge in [-0.05, 0) is 25.0 Å². The SMILES string of the molecule is N#Cc1ccccc1S(=O)(=O)N1CCN(CC(=O)NC2CC2)CC1. The van der Waals surface area contributed by atoms with Crippen LogP contribution in [0.25, 0.3) is 0 Å². The summed E-state index contributed by atoms with van der Waals surface area (Å²) >= 11 is 0. The Labute approximate surface area is 141 Å². The smallest absolute Gasteiger partial charge is 0.244 e. The van der Waals surface area contributed by atoms with Crippen molar-refractivity contribution < 1.29 is 13.2 Å². The third-order valence-corrected chi connectivity index (χ3v) is 6.22. The van der Waals surface area contributed by atoms with Crippen LogP contribution in [0.3, 0.4) is 0 Å². The molecule has 1 aromatic carbocycles.